The lowest BCUT2D eigenvalue weighted by atomic mass is 9.93. The Morgan fingerprint density at radius 1 is 1.33 bits per heavy atom. The van der Waals surface area contributed by atoms with Gasteiger partial charge in [0.05, 0.1) is 0 Å². The Kier molecular flexibility index (Phi) is 10.2. The Morgan fingerprint density at radius 3 is 2.61 bits per heavy atom. The van der Waals surface area contributed by atoms with E-state index < -0.39 is 0 Å². The van der Waals surface area contributed by atoms with E-state index in [4.69, 9.17) is 6.42 Å². The van der Waals surface area contributed by atoms with Crippen molar-refractivity contribution in [3.63, 3.8) is 0 Å². The molecule has 0 aliphatic rings. The highest BCUT2D eigenvalue weighted by Gasteiger charge is 2.05. The van der Waals surface area contributed by atoms with Crippen LogP contribution in [-0.4, -0.2) is 0 Å². The fraction of sp³-hybridized carbons (Fsp3) is 0.556. The van der Waals surface area contributed by atoms with Crippen molar-refractivity contribution in [2.75, 3.05) is 0 Å². The van der Waals surface area contributed by atoms with Crippen LogP contribution in [0.5, 0.6) is 0 Å². The summed E-state index contributed by atoms with van der Waals surface area (Å²) in [6, 6.07) is 0. The molecule has 0 amide bonds. The molecule has 0 aliphatic heterocycles. The quantitative estimate of drug-likeness (QED) is 0.223. The summed E-state index contributed by atoms with van der Waals surface area (Å²) in [5.74, 6) is 3.14. The van der Waals surface area contributed by atoms with Gasteiger partial charge in [0.1, 0.15) is 0 Å². The van der Waals surface area contributed by atoms with Crippen LogP contribution in [0.15, 0.2) is 35.5 Å². The van der Waals surface area contributed by atoms with Crippen molar-refractivity contribution in [2.45, 2.75) is 59.8 Å². The van der Waals surface area contributed by atoms with Gasteiger partial charge in [-0.1, -0.05) is 62.0 Å². The predicted molar refractivity (Wildman–Crippen MR) is 83.4 cm³/mol. The summed E-state index contributed by atoms with van der Waals surface area (Å²) in [4.78, 5) is 0. The Hall–Kier alpha value is -1.22. The van der Waals surface area contributed by atoms with Gasteiger partial charge in [0, 0.05) is 0 Å². The van der Waals surface area contributed by atoms with Crippen molar-refractivity contribution in [1.29, 1.82) is 0 Å². The van der Waals surface area contributed by atoms with Crippen LogP contribution in [0.25, 0.3) is 0 Å². The summed E-state index contributed by atoms with van der Waals surface area (Å²) in [5.41, 5.74) is 2.82. The summed E-state index contributed by atoms with van der Waals surface area (Å²) in [7, 11) is 0. The normalized spacial score (nSPS) is 14.8. The summed E-state index contributed by atoms with van der Waals surface area (Å²) < 4.78 is 0. The van der Waals surface area contributed by atoms with E-state index in [-0.39, 0.29) is 0 Å². The van der Waals surface area contributed by atoms with E-state index in [0.717, 1.165) is 6.42 Å². The summed E-state index contributed by atoms with van der Waals surface area (Å²) in [6.07, 6.45) is 19.8. The van der Waals surface area contributed by atoms with Crippen molar-refractivity contribution in [3.8, 4) is 12.3 Å². The molecule has 0 aliphatic carbocycles. The van der Waals surface area contributed by atoms with Crippen LogP contribution in [0, 0.1) is 18.3 Å². The van der Waals surface area contributed by atoms with Gasteiger partial charge in [-0.2, -0.15) is 0 Å². The van der Waals surface area contributed by atoms with Gasteiger partial charge in [0.25, 0.3) is 0 Å². The van der Waals surface area contributed by atoms with E-state index in [1.165, 1.54) is 36.8 Å². The molecule has 0 saturated carbocycles. The maximum atomic E-state index is 5.24. The molecule has 0 fully saturated rings. The zero-order chi connectivity index (χ0) is 13.8. The number of unbranched alkanes of at least 4 members (excludes halogenated alkanes) is 3. The second kappa shape index (κ2) is 10.9. The molecule has 0 heterocycles. The third-order valence-corrected chi connectivity index (χ3v) is 3.36. The lowest BCUT2D eigenvalue weighted by molar-refractivity contribution is 0.665. The number of hydrogen-bond acceptors (Lipinski definition) is 0. The van der Waals surface area contributed by atoms with E-state index in [9.17, 15) is 0 Å². The first-order valence-corrected chi connectivity index (χ1v) is 7.10. The van der Waals surface area contributed by atoms with Gasteiger partial charge in [-0.3, -0.25) is 0 Å². The van der Waals surface area contributed by atoms with Gasteiger partial charge in [-0.25, -0.2) is 0 Å². The second-order valence-corrected chi connectivity index (χ2v) is 4.91. The third kappa shape index (κ3) is 7.96. The standard InChI is InChI=1S/C18H28/c1-6-9-11-12-13-16(4)17(5)15-18(8-3)14-10-7-2/h2,8,10,13-14,17H,6,9,11-12,15H2,1,3-5H3/b14-10-,16-13-,18-8+. The van der Waals surface area contributed by atoms with E-state index in [0.29, 0.717) is 5.92 Å². The minimum atomic E-state index is 0.597. The first kappa shape index (κ1) is 16.8. The summed E-state index contributed by atoms with van der Waals surface area (Å²) >= 11 is 0. The van der Waals surface area contributed by atoms with Crippen LogP contribution < -0.4 is 0 Å². The molecule has 0 saturated heterocycles. The smallest absolute Gasteiger partial charge is 0.0119 e. The van der Waals surface area contributed by atoms with Crippen molar-refractivity contribution in [3.05, 3.63) is 35.5 Å². The largest absolute Gasteiger partial charge is 0.115 e. The van der Waals surface area contributed by atoms with Crippen LogP contribution in [-0.2, 0) is 0 Å². The molecule has 0 radical (unpaired) electrons. The molecule has 0 spiro atoms. The zero-order valence-electron chi connectivity index (χ0n) is 12.5. The molecule has 0 heteroatoms. The Bertz CT molecular complexity index is 334. The molecule has 0 rings (SSSR count). The van der Waals surface area contributed by atoms with E-state index in [2.05, 4.69) is 45.8 Å². The Balaban J connectivity index is 4.25. The molecule has 0 bridgehead atoms. The number of allylic oxidation sites excluding steroid dienone is 6. The van der Waals surface area contributed by atoms with Gasteiger partial charge < -0.3 is 0 Å². The van der Waals surface area contributed by atoms with Crippen LogP contribution >= 0.6 is 0 Å². The minimum absolute atomic E-state index is 0.597. The van der Waals surface area contributed by atoms with Gasteiger partial charge in [0.15, 0.2) is 0 Å². The molecule has 0 nitrogen and oxygen atoms in total. The number of hydrogen-bond donors (Lipinski definition) is 0. The zero-order valence-corrected chi connectivity index (χ0v) is 12.5. The Morgan fingerprint density at radius 2 is 2.06 bits per heavy atom. The van der Waals surface area contributed by atoms with E-state index in [1.807, 2.05) is 6.08 Å². The molecule has 0 aromatic heterocycles. The maximum absolute atomic E-state index is 5.24. The van der Waals surface area contributed by atoms with Crippen LogP contribution in [0.4, 0.5) is 0 Å². The molecule has 18 heavy (non-hydrogen) atoms. The van der Waals surface area contributed by atoms with E-state index >= 15 is 0 Å². The first-order valence-electron chi connectivity index (χ1n) is 7.10. The number of terminal acetylenes is 1. The third-order valence-electron chi connectivity index (χ3n) is 3.36. The average Bonchev–Trinajstić information content (AvgIpc) is 2.38. The second-order valence-electron chi connectivity index (χ2n) is 4.91. The molecule has 100 valence electrons. The molecular formula is C18H28. The van der Waals surface area contributed by atoms with Gasteiger partial charge in [0.2, 0.25) is 0 Å². The number of rotatable bonds is 8. The SMILES string of the molecule is C#C/C=C\C(=C/C)CC(C)/C(C)=C\CCCCC. The van der Waals surface area contributed by atoms with E-state index in [1.54, 1.807) is 6.08 Å². The van der Waals surface area contributed by atoms with Crippen molar-refractivity contribution in [1.82, 2.24) is 0 Å². The maximum Gasteiger partial charge on any atom is -0.0119 e. The molecular weight excluding hydrogens is 216 g/mol. The van der Waals surface area contributed by atoms with Crippen LogP contribution in [0.1, 0.15) is 59.8 Å². The highest BCUT2D eigenvalue weighted by atomic mass is 14.1. The van der Waals surface area contributed by atoms with Gasteiger partial charge in [-0.15, -0.1) is 6.42 Å². The van der Waals surface area contributed by atoms with Crippen molar-refractivity contribution >= 4 is 0 Å². The summed E-state index contributed by atoms with van der Waals surface area (Å²) in [6.45, 7) is 8.85. The monoisotopic (exact) mass is 244 g/mol. The highest BCUT2D eigenvalue weighted by molar-refractivity contribution is 5.25. The topological polar surface area (TPSA) is 0 Å². The fourth-order valence-corrected chi connectivity index (χ4v) is 1.88. The fourth-order valence-electron chi connectivity index (χ4n) is 1.88. The van der Waals surface area contributed by atoms with Gasteiger partial charge in [-0.05, 0) is 45.1 Å². The van der Waals surface area contributed by atoms with Crippen LogP contribution in [0.3, 0.4) is 0 Å². The van der Waals surface area contributed by atoms with Gasteiger partial charge >= 0.3 is 0 Å². The predicted octanol–water partition coefficient (Wildman–Crippen LogP) is 5.67. The lowest BCUT2D eigenvalue weighted by Gasteiger charge is -2.13. The molecule has 1 atom stereocenters. The van der Waals surface area contributed by atoms with Crippen molar-refractivity contribution in [2.24, 2.45) is 5.92 Å². The highest BCUT2D eigenvalue weighted by Crippen LogP contribution is 2.21. The molecule has 0 aromatic rings. The molecule has 0 N–H and O–H groups in total. The average molecular weight is 244 g/mol. The van der Waals surface area contributed by atoms with Crippen LogP contribution in [0.2, 0.25) is 0 Å². The first-order chi connectivity index (χ1) is 8.65. The molecule has 0 aromatic carbocycles. The minimum Gasteiger partial charge on any atom is -0.115 e. The Labute approximate surface area is 114 Å². The summed E-state index contributed by atoms with van der Waals surface area (Å²) in [5, 5.41) is 0. The lowest BCUT2D eigenvalue weighted by Crippen LogP contribution is -1.98. The van der Waals surface area contributed by atoms with Crippen molar-refractivity contribution < 1.29 is 0 Å². The molecule has 1 unspecified atom stereocenters.